The lowest BCUT2D eigenvalue weighted by atomic mass is 10.3. The van der Waals surface area contributed by atoms with Gasteiger partial charge in [-0.25, -0.2) is 0 Å². The second-order valence-electron chi connectivity index (χ2n) is 6.29. The molecule has 0 aromatic heterocycles. The summed E-state index contributed by atoms with van der Waals surface area (Å²) in [6, 6.07) is 6.90. The zero-order valence-corrected chi connectivity index (χ0v) is 15.5. The Balaban J connectivity index is 1.47. The van der Waals surface area contributed by atoms with Gasteiger partial charge in [0.25, 0.3) is 5.91 Å². The molecule has 2 rings (SSSR count). The predicted octanol–water partition coefficient (Wildman–Crippen LogP) is 3.14. The van der Waals surface area contributed by atoms with Crippen molar-refractivity contribution in [1.29, 1.82) is 0 Å². The van der Waals surface area contributed by atoms with Crippen LogP contribution in [0.1, 0.15) is 26.2 Å². The molecular formula is C19H27ClN2O3. The van der Waals surface area contributed by atoms with Crippen molar-refractivity contribution in [3.05, 3.63) is 41.6 Å². The molecule has 1 aromatic carbocycles. The highest BCUT2D eigenvalue weighted by molar-refractivity contribution is 6.30. The Morgan fingerprint density at radius 1 is 1.28 bits per heavy atom. The van der Waals surface area contributed by atoms with Gasteiger partial charge in [-0.2, -0.15) is 0 Å². The number of nitrogens with one attached hydrogen (secondary N) is 2. The highest BCUT2D eigenvalue weighted by Gasteiger charge is 2.28. The van der Waals surface area contributed by atoms with Crippen LogP contribution >= 0.6 is 11.6 Å². The Bertz CT molecular complexity index is 558. The first-order chi connectivity index (χ1) is 12.0. The summed E-state index contributed by atoms with van der Waals surface area (Å²) in [7, 11) is 0. The Hall–Kier alpha value is -1.72. The zero-order chi connectivity index (χ0) is 18.1. The van der Waals surface area contributed by atoms with Gasteiger partial charge in [0.1, 0.15) is 5.75 Å². The first kappa shape index (κ1) is 19.6. The standard InChI is InChI=1S/C19H27ClN2O3/c1-14(21-11-12-24-15(2)16-3-4-16)9-10-22-19(23)13-25-18-7-5-17(20)6-8-18/h5-8,15-16,21H,1,3-4,9-13H2,2H3,(H,22,23). The van der Waals surface area contributed by atoms with Crippen LogP contribution in [0.4, 0.5) is 0 Å². The molecule has 25 heavy (non-hydrogen) atoms. The molecule has 138 valence electrons. The molecule has 0 saturated heterocycles. The van der Waals surface area contributed by atoms with Crippen LogP contribution in [0.5, 0.6) is 5.75 Å². The molecule has 0 bridgehead atoms. The molecule has 1 fully saturated rings. The number of ether oxygens (including phenoxy) is 2. The Kier molecular flexibility index (Phi) is 8.09. The molecule has 1 aliphatic carbocycles. The lowest BCUT2D eigenvalue weighted by Gasteiger charge is -2.14. The number of hydrogen-bond acceptors (Lipinski definition) is 4. The summed E-state index contributed by atoms with van der Waals surface area (Å²) in [5.74, 6) is 1.21. The molecule has 1 aliphatic rings. The van der Waals surface area contributed by atoms with E-state index in [2.05, 4.69) is 24.1 Å². The lowest BCUT2D eigenvalue weighted by Crippen LogP contribution is -2.31. The number of carbonyl (C=O) groups excluding carboxylic acids is 1. The number of halogens is 1. The smallest absolute Gasteiger partial charge is 0.257 e. The molecule has 0 spiro atoms. The van der Waals surface area contributed by atoms with Gasteiger partial charge in [0, 0.05) is 30.2 Å². The van der Waals surface area contributed by atoms with Crippen LogP contribution in [0.2, 0.25) is 5.02 Å². The van der Waals surface area contributed by atoms with E-state index in [1.54, 1.807) is 24.3 Å². The number of carbonyl (C=O) groups is 1. The van der Waals surface area contributed by atoms with E-state index in [4.69, 9.17) is 21.1 Å². The van der Waals surface area contributed by atoms with Crippen LogP contribution in [0, 0.1) is 5.92 Å². The highest BCUT2D eigenvalue weighted by Crippen LogP contribution is 2.33. The fraction of sp³-hybridized carbons (Fsp3) is 0.526. The maximum Gasteiger partial charge on any atom is 0.257 e. The summed E-state index contributed by atoms with van der Waals surface area (Å²) >= 11 is 5.79. The van der Waals surface area contributed by atoms with Crippen LogP contribution in [0.3, 0.4) is 0 Å². The number of rotatable bonds is 12. The van der Waals surface area contributed by atoms with E-state index in [0.29, 0.717) is 36.4 Å². The summed E-state index contributed by atoms with van der Waals surface area (Å²) in [5, 5.41) is 6.66. The van der Waals surface area contributed by atoms with Gasteiger partial charge in [-0.15, -0.1) is 0 Å². The fourth-order valence-corrected chi connectivity index (χ4v) is 2.47. The summed E-state index contributed by atoms with van der Waals surface area (Å²) in [4.78, 5) is 11.7. The Labute approximate surface area is 154 Å². The third kappa shape index (κ3) is 8.27. The van der Waals surface area contributed by atoms with Crippen LogP contribution in [0.25, 0.3) is 0 Å². The van der Waals surface area contributed by atoms with Crippen molar-refractivity contribution in [3.63, 3.8) is 0 Å². The quantitative estimate of drug-likeness (QED) is 0.558. The second-order valence-corrected chi connectivity index (χ2v) is 6.72. The normalized spacial score (nSPS) is 14.6. The first-order valence-electron chi connectivity index (χ1n) is 8.73. The van der Waals surface area contributed by atoms with Crippen LogP contribution in [-0.2, 0) is 9.53 Å². The zero-order valence-electron chi connectivity index (χ0n) is 14.7. The van der Waals surface area contributed by atoms with Gasteiger partial charge in [-0.3, -0.25) is 4.79 Å². The minimum atomic E-state index is -0.163. The Morgan fingerprint density at radius 3 is 2.68 bits per heavy atom. The van der Waals surface area contributed by atoms with Crippen LogP contribution in [-0.4, -0.2) is 38.3 Å². The molecule has 1 amide bonds. The highest BCUT2D eigenvalue weighted by atomic mass is 35.5. The third-order valence-corrected chi connectivity index (χ3v) is 4.33. The van der Waals surface area contributed by atoms with E-state index in [9.17, 15) is 4.79 Å². The molecule has 0 heterocycles. The first-order valence-corrected chi connectivity index (χ1v) is 9.10. The largest absolute Gasteiger partial charge is 0.484 e. The van der Waals surface area contributed by atoms with Crippen LogP contribution < -0.4 is 15.4 Å². The van der Waals surface area contributed by atoms with Crippen molar-refractivity contribution in [2.24, 2.45) is 5.92 Å². The SMILES string of the molecule is C=C(CCNC(=O)COc1ccc(Cl)cc1)NCCOC(C)C1CC1. The maximum absolute atomic E-state index is 11.7. The molecule has 1 aromatic rings. The van der Waals surface area contributed by atoms with Gasteiger partial charge < -0.3 is 20.1 Å². The predicted molar refractivity (Wildman–Crippen MR) is 99.9 cm³/mol. The average molecular weight is 367 g/mol. The minimum Gasteiger partial charge on any atom is -0.484 e. The van der Waals surface area contributed by atoms with Crippen molar-refractivity contribution in [2.45, 2.75) is 32.3 Å². The molecule has 5 nitrogen and oxygen atoms in total. The molecule has 1 unspecified atom stereocenters. The summed E-state index contributed by atoms with van der Waals surface area (Å²) in [6.45, 7) is 8.01. The summed E-state index contributed by atoms with van der Waals surface area (Å²) in [5.41, 5.74) is 0.890. The molecular weight excluding hydrogens is 340 g/mol. The summed E-state index contributed by atoms with van der Waals surface area (Å²) in [6.07, 6.45) is 3.62. The topological polar surface area (TPSA) is 59.6 Å². The average Bonchev–Trinajstić information content (AvgIpc) is 3.43. The number of amides is 1. The fourth-order valence-electron chi connectivity index (χ4n) is 2.35. The van der Waals surface area contributed by atoms with Gasteiger partial charge in [-0.05, 0) is 49.9 Å². The number of benzene rings is 1. The van der Waals surface area contributed by atoms with E-state index < -0.39 is 0 Å². The van der Waals surface area contributed by atoms with Crippen molar-refractivity contribution < 1.29 is 14.3 Å². The van der Waals surface area contributed by atoms with E-state index in [1.165, 1.54) is 12.8 Å². The summed E-state index contributed by atoms with van der Waals surface area (Å²) < 4.78 is 11.1. The van der Waals surface area contributed by atoms with Crippen LogP contribution in [0.15, 0.2) is 36.5 Å². The Morgan fingerprint density at radius 2 is 2.00 bits per heavy atom. The van der Waals surface area contributed by atoms with Crippen molar-refractivity contribution in [1.82, 2.24) is 10.6 Å². The van der Waals surface area contributed by atoms with Gasteiger partial charge in [0.2, 0.25) is 0 Å². The van der Waals surface area contributed by atoms with Crippen molar-refractivity contribution in [2.75, 3.05) is 26.3 Å². The van der Waals surface area contributed by atoms with E-state index >= 15 is 0 Å². The maximum atomic E-state index is 11.7. The van der Waals surface area contributed by atoms with E-state index in [0.717, 1.165) is 18.2 Å². The molecule has 1 atom stereocenters. The monoisotopic (exact) mass is 366 g/mol. The van der Waals surface area contributed by atoms with Crippen molar-refractivity contribution >= 4 is 17.5 Å². The van der Waals surface area contributed by atoms with E-state index in [-0.39, 0.29) is 12.5 Å². The lowest BCUT2D eigenvalue weighted by molar-refractivity contribution is -0.123. The molecule has 6 heteroatoms. The third-order valence-electron chi connectivity index (χ3n) is 4.08. The molecule has 1 saturated carbocycles. The van der Waals surface area contributed by atoms with Gasteiger partial charge in [0.05, 0.1) is 12.7 Å². The minimum absolute atomic E-state index is 0.0194. The molecule has 0 aliphatic heterocycles. The molecule has 0 radical (unpaired) electrons. The molecule has 2 N–H and O–H groups in total. The van der Waals surface area contributed by atoms with E-state index in [1.807, 2.05) is 0 Å². The van der Waals surface area contributed by atoms with Gasteiger partial charge in [-0.1, -0.05) is 18.2 Å². The van der Waals surface area contributed by atoms with Gasteiger partial charge in [0.15, 0.2) is 6.61 Å². The second kappa shape index (κ2) is 10.3. The number of hydrogen-bond donors (Lipinski definition) is 2. The van der Waals surface area contributed by atoms with Crippen molar-refractivity contribution in [3.8, 4) is 5.75 Å². The van der Waals surface area contributed by atoms with Gasteiger partial charge >= 0.3 is 0 Å².